The van der Waals surface area contributed by atoms with Crippen LogP contribution >= 0.6 is 0 Å². The van der Waals surface area contributed by atoms with E-state index >= 15 is 0 Å². The molecule has 1 atom stereocenters. The van der Waals surface area contributed by atoms with Crippen LogP contribution in [0.4, 0.5) is 5.69 Å². The molecule has 0 saturated heterocycles. The van der Waals surface area contributed by atoms with Crippen molar-refractivity contribution in [3.63, 3.8) is 0 Å². The largest absolute Gasteiger partial charge is 0.494 e. The second-order valence-corrected chi connectivity index (χ2v) is 6.09. The van der Waals surface area contributed by atoms with Crippen LogP contribution in [0.3, 0.4) is 0 Å². The zero-order chi connectivity index (χ0) is 21.2. The highest BCUT2D eigenvalue weighted by Crippen LogP contribution is 2.18. The van der Waals surface area contributed by atoms with Gasteiger partial charge in [-0.2, -0.15) is 0 Å². The van der Waals surface area contributed by atoms with E-state index in [1.807, 2.05) is 6.92 Å². The number of anilines is 1. The summed E-state index contributed by atoms with van der Waals surface area (Å²) in [6, 6.07) is 13.3. The Morgan fingerprint density at radius 2 is 1.66 bits per heavy atom. The summed E-state index contributed by atoms with van der Waals surface area (Å²) in [4.78, 5) is 35.9. The first-order valence-corrected chi connectivity index (χ1v) is 9.32. The molecule has 154 valence electrons. The molecule has 3 N–H and O–H groups in total. The van der Waals surface area contributed by atoms with Gasteiger partial charge in [-0.25, -0.2) is 0 Å². The summed E-state index contributed by atoms with van der Waals surface area (Å²) < 4.78 is 10.9. The molecule has 0 aliphatic carbocycles. The minimum atomic E-state index is -0.830. The van der Waals surface area contributed by atoms with Gasteiger partial charge >= 0.3 is 0 Å². The third kappa shape index (κ3) is 6.84. The number of hydrogen-bond acceptors (Lipinski definition) is 5. The maximum atomic E-state index is 12.2. The maximum Gasteiger partial charge on any atom is 0.279 e. The Morgan fingerprint density at radius 1 is 0.966 bits per heavy atom. The van der Waals surface area contributed by atoms with Gasteiger partial charge in [0.25, 0.3) is 11.8 Å². The van der Waals surface area contributed by atoms with Gasteiger partial charge in [-0.05, 0) is 56.3 Å². The Balaban J connectivity index is 1.86. The average Bonchev–Trinajstić information content (AvgIpc) is 2.73. The van der Waals surface area contributed by atoms with E-state index < -0.39 is 17.9 Å². The monoisotopic (exact) mass is 399 g/mol. The molecule has 2 aromatic carbocycles. The van der Waals surface area contributed by atoms with Crippen LogP contribution in [-0.2, 0) is 9.59 Å². The molecule has 0 heterocycles. The van der Waals surface area contributed by atoms with Crippen molar-refractivity contribution in [3.05, 3.63) is 54.1 Å². The van der Waals surface area contributed by atoms with Gasteiger partial charge in [-0.1, -0.05) is 13.0 Å². The van der Waals surface area contributed by atoms with Gasteiger partial charge in [-0.15, -0.1) is 0 Å². The Labute approximate surface area is 169 Å². The zero-order valence-corrected chi connectivity index (χ0v) is 16.7. The van der Waals surface area contributed by atoms with Crippen molar-refractivity contribution < 1.29 is 23.9 Å². The number of nitrogens with one attached hydrogen (secondary N) is 3. The van der Waals surface area contributed by atoms with E-state index in [1.54, 1.807) is 56.3 Å². The molecule has 0 saturated carbocycles. The lowest BCUT2D eigenvalue weighted by Gasteiger charge is -2.15. The number of rotatable bonds is 8. The van der Waals surface area contributed by atoms with Gasteiger partial charge in [0.2, 0.25) is 5.91 Å². The second kappa shape index (κ2) is 10.7. The summed E-state index contributed by atoms with van der Waals surface area (Å²) in [6.45, 7) is 5.76. The second-order valence-electron chi connectivity index (χ2n) is 6.09. The number of amides is 3. The molecular formula is C21H25N3O5. The molecule has 3 amide bonds. The topological polar surface area (TPSA) is 106 Å². The smallest absolute Gasteiger partial charge is 0.279 e. The highest BCUT2D eigenvalue weighted by molar-refractivity contribution is 5.98. The van der Waals surface area contributed by atoms with Crippen molar-refractivity contribution in [2.45, 2.75) is 33.3 Å². The van der Waals surface area contributed by atoms with Crippen LogP contribution in [0.1, 0.15) is 37.6 Å². The number of carbonyl (C=O) groups is 3. The first-order chi connectivity index (χ1) is 13.9. The van der Waals surface area contributed by atoms with Crippen molar-refractivity contribution in [1.29, 1.82) is 0 Å². The van der Waals surface area contributed by atoms with Crippen molar-refractivity contribution in [3.8, 4) is 11.5 Å². The number of benzene rings is 2. The van der Waals surface area contributed by atoms with Crippen LogP contribution in [0.2, 0.25) is 0 Å². The van der Waals surface area contributed by atoms with Gasteiger partial charge in [0, 0.05) is 17.7 Å². The van der Waals surface area contributed by atoms with E-state index in [0.29, 0.717) is 35.8 Å². The van der Waals surface area contributed by atoms with E-state index in [9.17, 15) is 14.4 Å². The molecule has 8 nitrogen and oxygen atoms in total. The van der Waals surface area contributed by atoms with Crippen molar-refractivity contribution >= 4 is 23.4 Å². The number of hydrogen-bond donors (Lipinski definition) is 3. The minimum absolute atomic E-state index is 0.156. The van der Waals surface area contributed by atoms with E-state index in [0.717, 1.165) is 0 Å². The fourth-order valence-electron chi connectivity index (χ4n) is 2.32. The molecular weight excluding hydrogens is 374 g/mol. The molecule has 0 fully saturated rings. The predicted molar refractivity (Wildman–Crippen MR) is 109 cm³/mol. The first-order valence-electron chi connectivity index (χ1n) is 9.32. The Kier molecular flexibility index (Phi) is 8.02. The lowest BCUT2D eigenvalue weighted by molar-refractivity contribution is -0.128. The van der Waals surface area contributed by atoms with E-state index in [1.165, 1.54) is 6.07 Å². The quantitative estimate of drug-likeness (QED) is 0.592. The van der Waals surface area contributed by atoms with E-state index in [4.69, 9.17) is 9.47 Å². The summed E-state index contributed by atoms with van der Waals surface area (Å²) in [5.74, 6) is 0.0291. The lowest BCUT2D eigenvalue weighted by atomic mass is 10.2. The number of carbonyl (C=O) groups excluding carboxylic acids is 3. The van der Waals surface area contributed by atoms with Crippen LogP contribution in [0.5, 0.6) is 11.5 Å². The Morgan fingerprint density at radius 3 is 2.31 bits per heavy atom. The van der Waals surface area contributed by atoms with Gasteiger partial charge in [0.15, 0.2) is 6.10 Å². The molecule has 0 aliphatic rings. The molecule has 29 heavy (non-hydrogen) atoms. The number of ether oxygens (including phenoxy) is 2. The SMILES string of the molecule is CCOc1ccc(OC(C)C(=O)NNC(=O)c2cccc(NC(=O)CC)c2)cc1. The van der Waals surface area contributed by atoms with Crippen molar-refractivity contribution in [1.82, 2.24) is 10.9 Å². The summed E-state index contributed by atoms with van der Waals surface area (Å²) in [6.07, 6.45) is -0.498. The molecule has 1 unspecified atom stereocenters. The average molecular weight is 399 g/mol. The van der Waals surface area contributed by atoms with Gasteiger partial charge in [-0.3, -0.25) is 25.2 Å². The third-order valence-corrected chi connectivity index (χ3v) is 3.85. The Bertz CT molecular complexity index is 852. The summed E-state index contributed by atoms with van der Waals surface area (Å²) in [7, 11) is 0. The summed E-state index contributed by atoms with van der Waals surface area (Å²) >= 11 is 0. The van der Waals surface area contributed by atoms with Crippen molar-refractivity contribution in [2.75, 3.05) is 11.9 Å². The molecule has 0 bridgehead atoms. The predicted octanol–water partition coefficient (Wildman–Crippen LogP) is 2.66. The molecule has 0 spiro atoms. The van der Waals surface area contributed by atoms with Crippen LogP contribution in [0, 0.1) is 0 Å². The number of hydrazine groups is 1. The molecule has 0 radical (unpaired) electrons. The highest BCUT2D eigenvalue weighted by Gasteiger charge is 2.16. The molecule has 2 aromatic rings. The fraction of sp³-hybridized carbons (Fsp3) is 0.286. The minimum Gasteiger partial charge on any atom is -0.494 e. The standard InChI is InChI=1S/C21H25N3O5/c1-4-19(25)22-16-8-6-7-15(13-16)21(27)24-23-20(26)14(3)29-18-11-9-17(10-12-18)28-5-2/h6-14H,4-5H2,1-3H3,(H,22,25)(H,23,26)(H,24,27). The van der Waals surface area contributed by atoms with E-state index in [2.05, 4.69) is 16.2 Å². The van der Waals surface area contributed by atoms with Gasteiger partial charge in [0.1, 0.15) is 11.5 Å². The van der Waals surface area contributed by atoms with Crippen LogP contribution < -0.4 is 25.6 Å². The Hall–Kier alpha value is -3.55. The van der Waals surface area contributed by atoms with Crippen LogP contribution in [0.25, 0.3) is 0 Å². The third-order valence-electron chi connectivity index (χ3n) is 3.85. The normalized spacial score (nSPS) is 11.1. The van der Waals surface area contributed by atoms with Gasteiger partial charge < -0.3 is 14.8 Å². The highest BCUT2D eigenvalue weighted by atomic mass is 16.5. The summed E-state index contributed by atoms with van der Waals surface area (Å²) in [5, 5.41) is 2.67. The van der Waals surface area contributed by atoms with E-state index in [-0.39, 0.29) is 5.91 Å². The van der Waals surface area contributed by atoms with Crippen LogP contribution in [0.15, 0.2) is 48.5 Å². The molecule has 0 aliphatic heterocycles. The van der Waals surface area contributed by atoms with Crippen LogP contribution in [-0.4, -0.2) is 30.4 Å². The molecule has 0 aromatic heterocycles. The zero-order valence-electron chi connectivity index (χ0n) is 16.7. The van der Waals surface area contributed by atoms with Crippen molar-refractivity contribution in [2.24, 2.45) is 0 Å². The lowest BCUT2D eigenvalue weighted by Crippen LogP contribution is -2.47. The molecule has 8 heteroatoms. The van der Waals surface area contributed by atoms with Gasteiger partial charge in [0.05, 0.1) is 6.61 Å². The molecule has 2 rings (SSSR count). The summed E-state index contributed by atoms with van der Waals surface area (Å²) in [5.41, 5.74) is 5.46. The maximum absolute atomic E-state index is 12.2. The fourth-order valence-corrected chi connectivity index (χ4v) is 2.32. The first kappa shape index (κ1) is 21.7.